The molecule has 0 heterocycles. The molecule has 7 nitrogen and oxygen atoms in total. The van der Waals surface area contributed by atoms with Gasteiger partial charge in [-0.25, -0.2) is 0 Å². The van der Waals surface area contributed by atoms with Crippen LogP contribution in [0.15, 0.2) is 29.2 Å². The molecule has 192 valence electrons. The number of carbonyl (C=O) groups excluding carboxylic acids is 1. The van der Waals surface area contributed by atoms with E-state index in [2.05, 4.69) is 0 Å². The Kier molecular flexibility index (Phi) is 11.4. The SMILES string of the molecule is CCCc1c(SCCCOc2ccc(C(C)O)c(OCCCC(=O)O)c2C)ccc(C(C)=O)c1O. The van der Waals surface area contributed by atoms with Crippen molar-refractivity contribution in [1.82, 2.24) is 0 Å². The Balaban J connectivity index is 1.99. The maximum Gasteiger partial charge on any atom is 0.303 e. The molecule has 0 aliphatic heterocycles. The van der Waals surface area contributed by atoms with Gasteiger partial charge in [0.1, 0.15) is 17.2 Å². The molecule has 3 N–H and O–H groups in total. The van der Waals surface area contributed by atoms with Gasteiger partial charge in [0.15, 0.2) is 5.78 Å². The van der Waals surface area contributed by atoms with Crippen LogP contribution in [0.5, 0.6) is 17.2 Å². The molecule has 0 aromatic heterocycles. The van der Waals surface area contributed by atoms with E-state index in [1.54, 1.807) is 30.8 Å². The Morgan fingerprint density at radius 1 is 1.09 bits per heavy atom. The number of rotatable bonds is 15. The number of aliphatic hydroxyl groups excluding tert-OH is 1. The van der Waals surface area contributed by atoms with Crippen molar-refractivity contribution in [3.63, 3.8) is 0 Å². The van der Waals surface area contributed by atoms with E-state index in [9.17, 15) is 19.8 Å². The van der Waals surface area contributed by atoms with E-state index in [4.69, 9.17) is 14.6 Å². The number of phenols is 1. The molecule has 0 saturated heterocycles. The Labute approximate surface area is 211 Å². The van der Waals surface area contributed by atoms with Crippen molar-refractivity contribution in [2.45, 2.75) is 70.8 Å². The van der Waals surface area contributed by atoms with Crippen LogP contribution in [0.4, 0.5) is 0 Å². The number of aromatic hydroxyl groups is 1. The predicted octanol–water partition coefficient (Wildman–Crippen LogP) is 5.71. The number of carbonyl (C=O) groups is 2. The second-order valence-corrected chi connectivity index (χ2v) is 9.56. The zero-order valence-electron chi connectivity index (χ0n) is 20.9. The van der Waals surface area contributed by atoms with Gasteiger partial charge in [-0.1, -0.05) is 13.3 Å². The fourth-order valence-electron chi connectivity index (χ4n) is 3.72. The van der Waals surface area contributed by atoms with Gasteiger partial charge in [0.25, 0.3) is 0 Å². The maximum absolute atomic E-state index is 11.7. The molecule has 0 radical (unpaired) electrons. The van der Waals surface area contributed by atoms with Crippen LogP contribution >= 0.6 is 11.8 Å². The van der Waals surface area contributed by atoms with Gasteiger partial charge in [-0.15, -0.1) is 11.8 Å². The standard InChI is InChI=1S/C27H36O7S/c1-5-8-22-24(13-11-20(18(3)28)26(22)32)35-16-7-15-33-23-12-10-21(19(4)29)27(17(23)2)34-14-6-9-25(30)31/h10-13,19,29,32H,5-9,14-16H2,1-4H3,(H,30,31). The Morgan fingerprint density at radius 3 is 2.43 bits per heavy atom. The summed E-state index contributed by atoms with van der Waals surface area (Å²) in [7, 11) is 0. The van der Waals surface area contributed by atoms with Gasteiger partial charge in [0, 0.05) is 33.8 Å². The highest BCUT2D eigenvalue weighted by atomic mass is 32.2. The van der Waals surface area contributed by atoms with Gasteiger partial charge >= 0.3 is 5.97 Å². The first kappa shape index (κ1) is 28.5. The van der Waals surface area contributed by atoms with Gasteiger partial charge < -0.3 is 24.8 Å². The number of phenolic OH excluding ortho intramolecular Hbond substituents is 1. The van der Waals surface area contributed by atoms with E-state index >= 15 is 0 Å². The summed E-state index contributed by atoms with van der Waals surface area (Å²) in [6.07, 6.45) is 2.00. The number of benzene rings is 2. The van der Waals surface area contributed by atoms with Crippen LogP contribution in [0, 0.1) is 6.92 Å². The summed E-state index contributed by atoms with van der Waals surface area (Å²) in [5.74, 6) is 1.03. The van der Waals surface area contributed by atoms with Crippen molar-refractivity contribution >= 4 is 23.5 Å². The average Bonchev–Trinajstić information content (AvgIpc) is 2.79. The summed E-state index contributed by atoms with van der Waals surface area (Å²) in [4.78, 5) is 23.5. The quantitative estimate of drug-likeness (QED) is 0.160. The van der Waals surface area contributed by atoms with Crippen LogP contribution in [-0.4, -0.2) is 46.0 Å². The van der Waals surface area contributed by atoms with Crippen molar-refractivity contribution in [3.8, 4) is 17.2 Å². The van der Waals surface area contributed by atoms with Crippen LogP contribution in [0.3, 0.4) is 0 Å². The number of ether oxygens (including phenoxy) is 2. The summed E-state index contributed by atoms with van der Waals surface area (Å²) in [5, 5.41) is 29.4. The molecule has 0 spiro atoms. The number of thioether (sulfide) groups is 1. The second-order valence-electron chi connectivity index (χ2n) is 8.42. The van der Waals surface area contributed by atoms with Gasteiger partial charge in [-0.3, -0.25) is 9.59 Å². The highest BCUT2D eigenvalue weighted by Gasteiger charge is 2.17. The van der Waals surface area contributed by atoms with Gasteiger partial charge in [0.05, 0.1) is 24.9 Å². The lowest BCUT2D eigenvalue weighted by atomic mass is 10.0. The monoisotopic (exact) mass is 504 g/mol. The molecule has 8 heteroatoms. The van der Waals surface area contributed by atoms with Gasteiger partial charge in [0.2, 0.25) is 0 Å². The smallest absolute Gasteiger partial charge is 0.303 e. The largest absolute Gasteiger partial charge is 0.507 e. The number of Topliss-reactive ketones (excluding diaryl/α,β-unsaturated/α-hetero) is 1. The minimum absolute atomic E-state index is 0.0200. The Morgan fingerprint density at radius 2 is 1.80 bits per heavy atom. The minimum atomic E-state index is -0.872. The maximum atomic E-state index is 11.7. The van der Waals surface area contributed by atoms with Crippen LogP contribution in [0.2, 0.25) is 0 Å². The highest BCUT2D eigenvalue weighted by Crippen LogP contribution is 2.36. The summed E-state index contributed by atoms with van der Waals surface area (Å²) in [6.45, 7) is 7.72. The fourth-order valence-corrected chi connectivity index (χ4v) is 4.74. The molecule has 1 unspecified atom stereocenters. The Bertz CT molecular complexity index is 1020. The molecule has 0 amide bonds. The topological polar surface area (TPSA) is 113 Å². The van der Waals surface area contributed by atoms with Crippen LogP contribution < -0.4 is 9.47 Å². The zero-order chi connectivity index (χ0) is 26.0. The summed E-state index contributed by atoms with van der Waals surface area (Å²) in [5.41, 5.74) is 2.58. The van der Waals surface area contributed by atoms with Crippen molar-refractivity contribution in [2.75, 3.05) is 19.0 Å². The third-order valence-electron chi connectivity index (χ3n) is 5.54. The molecular formula is C27H36O7S. The summed E-state index contributed by atoms with van der Waals surface area (Å²) in [6, 6.07) is 7.16. The van der Waals surface area contributed by atoms with Crippen molar-refractivity contribution in [3.05, 3.63) is 46.5 Å². The first-order valence-electron chi connectivity index (χ1n) is 11.9. The van der Waals surface area contributed by atoms with E-state index in [0.29, 0.717) is 42.1 Å². The number of carboxylic acids is 1. The first-order valence-corrected chi connectivity index (χ1v) is 12.9. The van der Waals surface area contributed by atoms with E-state index in [1.165, 1.54) is 6.92 Å². The molecule has 0 aliphatic carbocycles. The highest BCUT2D eigenvalue weighted by molar-refractivity contribution is 7.99. The summed E-state index contributed by atoms with van der Waals surface area (Å²) < 4.78 is 11.8. The molecule has 2 aromatic carbocycles. The molecule has 0 saturated carbocycles. The third kappa shape index (κ3) is 8.18. The molecule has 0 bridgehead atoms. The predicted molar refractivity (Wildman–Crippen MR) is 137 cm³/mol. The third-order valence-corrected chi connectivity index (χ3v) is 6.73. The lowest BCUT2D eigenvalue weighted by Crippen LogP contribution is -2.08. The van der Waals surface area contributed by atoms with E-state index in [-0.39, 0.29) is 24.6 Å². The Hall–Kier alpha value is -2.71. The average molecular weight is 505 g/mol. The van der Waals surface area contributed by atoms with Crippen LogP contribution in [-0.2, 0) is 11.2 Å². The lowest BCUT2D eigenvalue weighted by Gasteiger charge is -2.19. The normalized spacial score (nSPS) is 11.8. The summed E-state index contributed by atoms with van der Waals surface area (Å²) >= 11 is 1.63. The number of aliphatic hydroxyl groups is 1. The molecule has 2 aromatic rings. The number of carboxylic acid groups (broad SMARTS) is 1. The lowest BCUT2D eigenvalue weighted by molar-refractivity contribution is -0.137. The van der Waals surface area contributed by atoms with Gasteiger partial charge in [-0.05, 0) is 64.3 Å². The van der Waals surface area contributed by atoms with E-state index < -0.39 is 12.1 Å². The van der Waals surface area contributed by atoms with Crippen LogP contribution in [0.1, 0.15) is 79.6 Å². The molecule has 1 atom stereocenters. The number of aliphatic carboxylic acids is 1. The number of hydrogen-bond donors (Lipinski definition) is 3. The van der Waals surface area contributed by atoms with Crippen molar-refractivity contribution in [1.29, 1.82) is 0 Å². The fraction of sp³-hybridized carbons (Fsp3) is 0.481. The zero-order valence-corrected chi connectivity index (χ0v) is 21.7. The van der Waals surface area contributed by atoms with E-state index in [0.717, 1.165) is 34.6 Å². The van der Waals surface area contributed by atoms with Gasteiger partial charge in [-0.2, -0.15) is 0 Å². The number of ketones is 1. The number of hydrogen-bond acceptors (Lipinski definition) is 7. The van der Waals surface area contributed by atoms with Crippen molar-refractivity contribution < 1.29 is 34.4 Å². The molecule has 35 heavy (non-hydrogen) atoms. The molecule has 2 rings (SSSR count). The van der Waals surface area contributed by atoms with Crippen LogP contribution in [0.25, 0.3) is 0 Å². The molecule has 0 aliphatic rings. The van der Waals surface area contributed by atoms with E-state index in [1.807, 2.05) is 26.0 Å². The minimum Gasteiger partial charge on any atom is -0.507 e. The molecular weight excluding hydrogens is 468 g/mol. The van der Waals surface area contributed by atoms with Crippen molar-refractivity contribution in [2.24, 2.45) is 0 Å². The second kappa shape index (κ2) is 14.0. The molecule has 0 fully saturated rings. The first-order chi connectivity index (χ1) is 16.7.